The third-order valence-electron chi connectivity index (χ3n) is 2.96. The molecule has 3 unspecified atom stereocenters. The van der Waals surface area contributed by atoms with Crippen molar-refractivity contribution >= 4 is 0 Å². The van der Waals surface area contributed by atoms with E-state index < -0.39 is 6.29 Å². The summed E-state index contributed by atoms with van der Waals surface area (Å²) in [5.41, 5.74) is 0. The summed E-state index contributed by atoms with van der Waals surface area (Å²) in [6, 6.07) is 0. The van der Waals surface area contributed by atoms with E-state index in [4.69, 9.17) is 23.7 Å². The smallest absolute Gasteiger partial charge is 0.186 e. The summed E-state index contributed by atoms with van der Waals surface area (Å²) in [4.78, 5) is 0. The summed E-state index contributed by atoms with van der Waals surface area (Å²) >= 11 is 0. The van der Waals surface area contributed by atoms with Gasteiger partial charge in [0.15, 0.2) is 6.29 Å². The van der Waals surface area contributed by atoms with Crippen LogP contribution in [0.5, 0.6) is 0 Å². The largest absolute Gasteiger partial charge is 0.382 e. The number of hydrogen-bond donors (Lipinski definition) is 0. The zero-order valence-electron chi connectivity index (χ0n) is 14.0. The molecule has 0 bridgehead atoms. The Morgan fingerprint density at radius 2 is 1.55 bits per heavy atom. The molecule has 5 heteroatoms. The number of hydrogen-bond acceptors (Lipinski definition) is 5. The molecule has 20 heavy (non-hydrogen) atoms. The van der Waals surface area contributed by atoms with Crippen LogP contribution in [0.1, 0.15) is 40.5 Å². The first-order valence-corrected chi connectivity index (χ1v) is 7.35. The minimum Gasteiger partial charge on any atom is -0.382 e. The fourth-order valence-corrected chi connectivity index (χ4v) is 2.10. The number of ether oxygens (including phenoxy) is 5. The van der Waals surface area contributed by atoms with Gasteiger partial charge in [0.25, 0.3) is 0 Å². The highest BCUT2D eigenvalue weighted by Gasteiger charge is 2.32. The Bertz CT molecular complexity index is 222. The van der Waals surface area contributed by atoms with Gasteiger partial charge in [-0.25, -0.2) is 0 Å². The van der Waals surface area contributed by atoms with Gasteiger partial charge in [0.1, 0.15) is 6.10 Å². The molecule has 0 saturated heterocycles. The third kappa shape index (κ3) is 7.55. The summed E-state index contributed by atoms with van der Waals surface area (Å²) in [5.74, 6) is 0. The van der Waals surface area contributed by atoms with Gasteiger partial charge in [-0.1, -0.05) is 13.3 Å². The molecule has 0 heterocycles. The first-order chi connectivity index (χ1) is 9.49. The maximum atomic E-state index is 5.93. The lowest BCUT2D eigenvalue weighted by atomic mass is 10.1. The lowest BCUT2D eigenvalue weighted by Gasteiger charge is -2.34. The zero-order chi connectivity index (χ0) is 15.5. The Balaban J connectivity index is 4.83. The quantitative estimate of drug-likeness (QED) is 0.517. The second kappa shape index (κ2) is 11.5. The monoisotopic (exact) mass is 292 g/mol. The Morgan fingerprint density at radius 3 is 1.95 bits per heavy atom. The van der Waals surface area contributed by atoms with E-state index in [1.807, 2.05) is 20.8 Å². The molecule has 0 aromatic carbocycles. The molecule has 0 amide bonds. The Labute approximate surface area is 123 Å². The molecular weight excluding hydrogens is 260 g/mol. The molecular formula is C15H32O5. The molecule has 0 aliphatic carbocycles. The van der Waals surface area contributed by atoms with Crippen molar-refractivity contribution in [3.63, 3.8) is 0 Å². The van der Waals surface area contributed by atoms with E-state index >= 15 is 0 Å². The SMILES string of the molecule is CCC[C@@H](OC)C(OC)C(OC(C)C)OC(C)COC. The Morgan fingerprint density at radius 1 is 0.900 bits per heavy atom. The predicted octanol–water partition coefficient (Wildman–Crippen LogP) is 2.62. The van der Waals surface area contributed by atoms with Crippen molar-refractivity contribution in [1.29, 1.82) is 0 Å². The van der Waals surface area contributed by atoms with E-state index in [2.05, 4.69) is 6.92 Å². The minimum atomic E-state index is -0.471. The van der Waals surface area contributed by atoms with Crippen molar-refractivity contribution in [1.82, 2.24) is 0 Å². The fraction of sp³-hybridized carbons (Fsp3) is 1.00. The summed E-state index contributed by atoms with van der Waals surface area (Å²) in [5, 5.41) is 0. The van der Waals surface area contributed by atoms with Crippen LogP contribution in [0.4, 0.5) is 0 Å². The van der Waals surface area contributed by atoms with Crippen molar-refractivity contribution in [2.45, 2.75) is 71.2 Å². The van der Waals surface area contributed by atoms with Gasteiger partial charge in [-0.15, -0.1) is 0 Å². The highest BCUT2D eigenvalue weighted by Crippen LogP contribution is 2.19. The van der Waals surface area contributed by atoms with E-state index in [1.54, 1.807) is 21.3 Å². The van der Waals surface area contributed by atoms with Gasteiger partial charge < -0.3 is 23.7 Å². The molecule has 0 fully saturated rings. The van der Waals surface area contributed by atoms with Crippen LogP contribution in [-0.4, -0.2) is 58.6 Å². The second-order valence-electron chi connectivity index (χ2n) is 5.22. The molecule has 5 nitrogen and oxygen atoms in total. The molecule has 0 aliphatic rings. The molecule has 0 aliphatic heterocycles. The lowest BCUT2D eigenvalue weighted by molar-refractivity contribution is -0.256. The number of rotatable bonds is 12. The van der Waals surface area contributed by atoms with Crippen LogP contribution < -0.4 is 0 Å². The van der Waals surface area contributed by atoms with E-state index in [-0.39, 0.29) is 24.4 Å². The first kappa shape index (κ1) is 19.8. The molecule has 0 saturated carbocycles. The maximum absolute atomic E-state index is 5.93. The van der Waals surface area contributed by atoms with E-state index in [0.717, 1.165) is 12.8 Å². The summed E-state index contributed by atoms with van der Waals surface area (Å²) in [7, 11) is 5.01. The standard InChI is InChI=1S/C15H32O5/c1-8-9-13(17-6)14(18-7)15(19-11(2)3)20-12(4)10-16-5/h11-15H,8-10H2,1-7H3/t12?,13-,14?,15?/m1/s1. The van der Waals surface area contributed by atoms with Gasteiger partial charge in [0, 0.05) is 21.3 Å². The van der Waals surface area contributed by atoms with Crippen LogP contribution in [-0.2, 0) is 23.7 Å². The summed E-state index contributed by atoms with van der Waals surface area (Å²) in [6.45, 7) is 8.54. The first-order valence-electron chi connectivity index (χ1n) is 7.35. The van der Waals surface area contributed by atoms with E-state index in [0.29, 0.717) is 6.61 Å². The van der Waals surface area contributed by atoms with Gasteiger partial charge in [-0.05, 0) is 27.2 Å². The molecule has 0 spiro atoms. The molecule has 0 aromatic rings. The highest BCUT2D eigenvalue weighted by molar-refractivity contribution is 4.75. The topological polar surface area (TPSA) is 46.2 Å². The van der Waals surface area contributed by atoms with Gasteiger partial charge in [-0.2, -0.15) is 0 Å². The molecule has 0 rings (SSSR count). The Hall–Kier alpha value is -0.200. The van der Waals surface area contributed by atoms with Crippen molar-refractivity contribution in [3.8, 4) is 0 Å². The van der Waals surface area contributed by atoms with Crippen molar-refractivity contribution in [3.05, 3.63) is 0 Å². The van der Waals surface area contributed by atoms with Crippen LogP contribution in [0.15, 0.2) is 0 Å². The average Bonchev–Trinajstić information content (AvgIpc) is 2.37. The van der Waals surface area contributed by atoms with Crippen LogP contribution in [0.2, 0.25) is 0 Å². The lowest BCUT2D eigenvalue weighted by Crippen LogP contribution is -2.46. The van der Waals surface area contributed by atoms with Crippen molar-refractivity contribution in [2.75, 3.05) is 27.9 Å². The fourth-order valence-electron chi connectivity index (χ4n) is 2.10. The van der Waals surface area contributed by atoms with Crippen molar-refractivity contribution in [2.24, 2.45) is 0 Å². The average molecular weight is 292 g/mol. The van der Waals surface area contributed by atoms with E-state index in [9.17, 15) is 0 Å². The molecule has 0 radical (unpaired) electrons. The molecule has 4 atom stereocenters. The normalized spacial score (nSPS) is 18.0. The second-order valence-corrected chi connectivity index (χ2v) is 5.22. The van der Waals surface area contributed by atoms with Crippen molar-refractivity contribution < 1.29 is 23.7 Å². The zero-order valence-corrected chi connectivity index (χ0v) is 14.0. The minimum absolute atomic E-state index is 0.0477. The highest BCUT2D eigenvalue weighted by atomic mass is 16.7. The maximum Gasteiger partial charge on any atom is 0.186 e. The van der Waals surface area contributed by atoms with Crippen LogP contribution in [0.3, 0.4) is 0 Å². The number of methoxy groups -OCH3 is 3. The van der Waals surface area contributed by atoms with Crippen LogP contribution in [0.25, 0.3) is 0 Å². The predicted molar refractivity (Wildman–Crippen MR) is 78.9 cm³/mol. The van der Waals surface area contributed by atoms with E-state index in [1.165, 1.54) is 0 Å². The molecule has 0 aromatic heterocycles. The Kier molecular flexibility index (Phi) is 11.3. The van der Waals surface area contributed by atoms with Gasteiger partial charge in [0.2, 0.25) is 0 Å². The van der Waals surface area contributed by atoms with Gasteiger partial charge in [0.05, 0.1) is 24.9 Å². The summed E-state index contributed by atoms with van der Waals surface area (Å²) in [6.07, 6.45) is 1.11. The van der Waals surface area contributed by atoms with Gasteiger partial charge >= 0.3 is 0 Å². The van der Waals surface area contributed by atoms with Crippen LogP contribution >= 0.6 is 0 Å². The van der Waals surface area contributed by atoms with Crippen LogP contribution in [0, 0.1) is 0 Å². The molecule has 122 valence electrons. The third-order valence-corrected chi connectivity index (χ3v) is 2.96. The summed E-state index contributed by atoms with van der Waals surface area (Å²) < 4.78 is 28.0. The molecule has 0 N–H and O–H groups in total. The van der Waals surface area contributed by atoms with Gasteiger partial charge in [-0.3, -0.25) is 0 Å².